The van der Waals surface area contributed by atoms with Gasteiger partial charge in [-0.15, -0.1) is 0 Å². The summed E-state index contributed by atoms with van der Waals surface area (Å²) >= 11 is 0. The van der Waals surface area contributed by atoms with Crippen molar-refractivity contribution in [2.75, 3.05) is 4.90 Å². The van der Waals surface area contributed by atoms with Crippen molar-refractivity contribution in [3.63, 3.8) is 0 Å². The Hall–Kier alpha value is -7.94. The zero-order chi connectivity index (χ0) is 42.1. The molecule has 0 fully saturated rings. The normalized spacial score (nSPS) is 12.7. The van der Waals surface area contributed by atoms with Crippen molar-refractivity contribution in [1.82, 2.24) is 4.57 Å². The first-order valence-corrected chi connectivity index (χ1v) is 21.9. The molecular formula is C61H44N2. The first-order valence-electron chi connectivity index (χ1n) is 21.9. The minimum atomic E-state index is -0.114. The summed E-state index contributed by atoms with van der Waals surface area (Å²) in [7, 11) is 0. The van der Waals surface area contributed by atoms with Gasteiger partial charge < -0.3 is 9.47 Å². The molecule has 0 radical (unpaired) electrons. The lowest BCUT2D eigenvalue weighted by molar-refractivity contribution is 0.660. The standard InChI is InChI=1S/C61H44N2/c1-61(2)52-30-10-6-26-51(52)60-50(29-18-31-53(60)61)49-25-9-11-32-54(49)62(57-35-14-15-36-58(57)63-55-33-12-7-23-47(55)48-24-8-13-34-56(48)63)44-39-37-42(38-40-44)46-28-17-22-43-21-16-27-45(59(43)46)41-19-4-3-5-20-41/h3-40H,1-2H3. The summed E-state index contributed by atoms with van der Waals surface area (Å²) in [6.07, 6.45) is 0. The fourth-order valence-corrected chi connectivity index (χ4v) is 10.5. The molecule has 0 spiro atoms. The Labute approximate surface area is 368 Å². The molecule has 1 aliphatic rings. The van der Waals surface area contributed by atoms with Crippen LogP contribution >= 0.6 is 0 Å². The van der Waals surface area contributed by atoms with Gasteiger partial charge in [0, 0.05) is 27.4 Å². The Kier molecular flexibility index (Phi) is 8.55. The zero-order valence-electron chi connectivity index (χ0n) is 35.3. The average molecular weight is 805 g/mol. The molecule has 298 valence electrons. The molecule has 2 heteroatoms. The van der Waals surface area contributed by atoms with E-state index in [1.54, 1.807) is 0 Å². The van der Waals surface area contributed by atoms with E-state index in [0.717, 1.165) is 22.7 Å². The Bertz CT molecular complexity index is 3480. The third-order valence-corrected chi connectivity index (χ3v) is 13.4. The van der Waals surface area contributed by atoms with Crippen LogP contribution in [0.4, 0.5) is 17.1 Å². The van der Waals surface area contributed by atoms with E-state index in [2.05, 4.69) is 254 Å². The number of para-hydroxylation sites is 5. The van der Waals surface area contributed by atoms with Crippen molar-refractivity contribution in [3.05, 3.63) is 242 Å². The highest BCUT2D eigenvalue weighted by atomic mass is 15.2. The van der Waals surface area contributed by atoms with E-state index in [-0.39, 0.29) is 5.41 Å². The van der Waals surface area contributed by atoms with Crippen LogP contribution in [0.1, 0.15) is 25.0 Å². The molecule has 11 aromatic rings. The Balaban J connectivity index is 1.10. The topological polar surface area (TPSA) is 8.17 Å². The van der Waals surface area contributed by atoms with E-state index in [0.29, 0.717) is 0 Å². The molecule has 0 saturated carbocycles. The number of aromatic nitrogens is 1. The Morgan fingerprint density at radius 2 is 0.873 bits per heavy atom. The highest BCUT2D eigenvalue weighted by Gasteiger charge is 2.37. The quantitative estimate of drug-likeness (QED) is 0.156. The molecule has 0 N–H and O–H groups in total. The lowest BCUT2D eigenvalue weighted by Crippen LogP contribution is -2.15. The second-order valence-corrected chi connectivity index (χ2v) is 17.2. The first kappa shape index (κ1) is 36.9. The molecule has 1 aromatic heterocycles. The van der Waals surface area contributed by atoms with Crippen LogP contribution in [0.5, 0.6) is 0 Å². The van der Waals surface area contributed by atoms with Crippen molar-refractivity contribution >= 4 is 49.6 Å². The number of nitrogens with zero attached hydrogens (tertiary/aromatic N) is 2. The molecule has 2 nitrogen and oxygen atoms in total. The zero-order valence-corrected chi connectivity index (χ0v) is 35.3. The van der Waals surface area contributed by atoms with Gasteiger partial charge in [0.2, 0.25) is 0 Å². The molecule has 12 rings (SSSR count). The molecule has 0 bridgehead atoms. The maximum absolute atomic E-state index is 2.49. The fraction of sp³-hybridized carbons (Fsp3) is 0.0492. The Morgan fingerprint density at radius 1 is 0.365 bits per heavy atom. The van der Waals surface area contributed by atoms with Crippen LogP contribution in [-0.2, 0) is 5.41 Å². The molecule has 0 unspecified atom stereocenters. The monoisotopic (exact) mass is 804 g/mol. The smallest absolute Gasteiger partial charge is 0.0702 e. The maximum atomic E-state index is 2.49. The van der Waals surface area contributed by atoms with Gasteiger partial charge in [-0.2, -0.15) is 0 Å². The number of hydrogen-bond donors (Lipinski definition) is 0. The van der Waals surface area contributed by atoms with Gasteiger partial charge in [-0.25, -0.2) is 0 Å². The highest BCUT2D eigenvalue weighted by molar-refractivity contribution is 6.10. The van der Waals surface area contributed by atoms with Gasteiger partial charge in [0.15, 0.2) is 0 Å². The number of anilines is 3. The van der Waals surface area contributed by atoms with Gasteiger partial charge >= 0.3 is 0 Å². The lowest BCUT2D eigenvalue weighted by atomic mass is 9.82. The maximum Gasteiger partial charge on any atom is 0.0702 e. The fourth-order valence-electron chi connectivity index (χ4n) is 10.5. The van der Waals surface area contributed by atoms with Crippen LogP contribution in [0.2, 0.25) is 0 Å². The summed E-state index contributed by atoms with van der Waals surface area (Å²) in [5.74, 6) is 0. The molecule has 1 aliphatic carbocycles. The average Bonchev–Trinajstić information content (AvgIpc) is 3.80. The van der Waals surface area contributed by atoms with Crippen LogP contribution in [0.15, 0.2) is 231 Å². The summed E-state index contributed by atoms with van der Waals surface area (Å²) in [6, 6.07) is 84.7. The van der Waals surface area contributed by atoms with E-state index >= 15 is 0 Å². The van der Waals surface area contributed by atoms with E-state index in [9.17, 15) is 0 Å². The van der Waals surface area contributed by atoms with Gasteiger partial charge in [-0.3, -0.25) is 0 Å². The number of fused-ring (bicyclic) bond motifs is 7. The summed E-state index contributed by atoms with van der Waals surface area (Å²) < 4.78 is 2.45. The highest BCUT2D eigenvalue weighted by Crippen LogP contribution is 2.54. The largest absolute Gasteiger partial charge is 0.308 e. The minimum Gasteiger partial charge on any atom is -0.308 e. The van der Waals surface area contributed by atoms with E-state index in [1.165, 1.54) is 88.2 Å². The first-order chi connectivity index (χ1) is 31.1. The molecule has 10 aromatic carbocycles. The third-order valence-electron chi connectivity index (χ3n) is 13.4. The summed E-state index contributed by atoms with van der Waals surface area (Å²) in [5, 5.41) is 4.98. The van der Waals surface area contributed by atoms with Crippen molar-refractivity contribution in [2.24, 2.45) is 0 Å². The predicted molar refractivity (Wildman–Crippen MR) is 267 cm³/mol. The molecule has 0 amide bonds. The minimum absolute atomic E-state index is 0.114. The van der Waals surface area contributed by atoms with Crippen LogP contribution in [0.25, 0.3) is 82.8 Å². The van der Waals surface area contributed by atoms with Gasteiger partial charge in [0.1, 0.15) is 0 Å². The van der Waals surface area contributed by atoms with Gasteiger partial charge in [0.25, 0.3) is 0 Å². The van der Waals surface area contributed by atoms with Crippen LogP contribution in [0, 0.1) is 0 Å². The lowest BCUT2D eigenvalue weighted by Gasteiger charge is -2.31. The van der Waals surface area contributed by atoms with Gasteiger partial charge in [-0.05, 0) is 103 Å². The molecule has 1 heterocycles. The van der Waals surface area contributed by atoms with Crippen LogP contribution in [-0.4, -0.2) is 4.57 Å². The molecule has 0 aliphatic heterocycles. The molecule has 0 saturated heterocycles. The summed E-state index contributed by atoms with van der Waals surface area (Å²) in [5.41, 5.74) is 19.3. The van der Waals surface area contributed by atoms with Crippen molar-refractivity contribution in [2.45, 2.75) is 19.3 Å². The molecule has 0 atom stereocenters. The summed E-state index contributed by atoms with van der Waals surface area (Å²) in [6.45, 7) is 4.73. The number of rotatable bonds is 7. The summed E-state index contributed by atoms with van der Waals surface area (Å²) in [4.78, 5) is 2.49. The SMILES string of the molecule is CC1(C)c2ccccc2-c2c(-c3ccccc3N(c3ccc(-c4cccc5cccc(-c6ccccc6)c45)cc3)c3ccccc3-n3c4ccccc4c4ccccc43)cccc21. The van der Waals surface area contributed by atoms with Crippen molar-refractivity contribution in [1.29, 1.82) is 0 Å². The Morgan fingerprint density at radius 3 is 1.59 bits per heavy atom. The van der Waals surface area contributed by atoms with Crippen LogP contribution < -0.4 is 4.90 Å². The second-order valence-electron chi connectivity index (χ2n) is 17.2. The van der Waals surface area contributed by atoms with E-state index < -0.39 is 0 Å². The van der Waals surface area contributed by atoms with Gasteiger partial charge in [-0.1, -0.05) is 202 Å². The third kappa shape index (κ3) is 5.79. The molecule has 63 heavy (non-hydrogen) atoms. The van der Waals surface area contributed by atoms with E-state index in [1.807, 2.05) is 0 Å². The van der Waals surface area contributed by atoms with Crippen molar-refractivity contribution < 1.29 is 0 Å². The van der Waals surface area contributed by atoms with Crippen molar-refractivity contribution in [3.8, 4) is 50.2 Å². The van der Waals surface area contributed by atoms with Gasteiger partial charge in [0.05, 0.1) is 28.1 Å². The molecular weight excluding hydrogens is 761 g/mol. The number of hydrogen-bond acceptors (Lipinski definition) is 1. The van der Waals surface area contributed by atoms with Crippen LogP contribution in [0.3, 0.4) is 0 Å². The number of benzene rings is 10. The second kappa shape index (κ2) is 14.6. The predicted octanol–water partition coefficient (Wildman–Crippen LogP) is 16.7. The van der Waals surface area contributed by atoms with E-state index in [4.69, 9.17) is 0 Å².